The molecule has 0 saturated heterocycles. The van der Waals surface area contributed by atoms with Gasteiger partial charge in [-0.3, -0.25) is 4.79 Å². The number of anilines is 2. The molecule has 1 unspecified atom stereocenters. The molecule has 2 rings (SSSR count). The number of carbonyl (C=O) groups excluding carboxylic acids is 1. The molecule has 1 atom stereocenters. The molecule has 0 radical (unpaired) electrons. The number of ether oxygens (including phenoxy) is 2. The highest BCUT2D eigenvalue weighted by Gasteiger charge is 2.13. The minimum atomic E-state index is -0.540. The number of esters is 1. The molecule has 134 valence electrons. The van der Waals surface area contributed by atoms with E-state index in [1.54, 1.807) is 0 Å². The normalized spacial score (nSPS) is 11.6. The van der Waals surface area contributed by atoms with Crippen molar-refractivity contribution >= 4 is 17.3 Å². The highest BCUT2D eigenvalue weighted by atomic mass is 16.7. The van der Waals surface area contributed by atoms with Crippen LogP contribution in [0.15, 0.2) is 54.6 Å². The average Bonchev–Trinajstić information content (AvgIpc) is 2.64. The van der Waals surface area contributed by atoms with Gasteiger partial charge in [-0.25, -0.2) is 0 Å². The third kappa shape index (κ3) is 6.87. The van der Waals surface area contributed by atoms with Gasteiger partial charge in [0.15, 0.2) is 0 Å². The van der Waals surface area contributed by atoms with E-state index in [0.29, 0.717) is 18.6 Å². The zero-order valence-corrected chi connectivity index (χ0v) is 15.0. The van der Waals surface area contributed by atoms with E-state index >= 15 is 0 Å². The fraction of sp³-hybridized carbons (Fsp3) is 0.381. The number of carbonyl (C=O) groups is 1. The van der Waals surface area contributed by atoms with Crippen LogP contribution in [0.4, 0.5) is 11.4 Å². The van der Waals surface area contributed by atoms with Gasteiger partial charge in [-0.1, -0.05) is 44.9 Å². The number of rotatable bonds is 10. The first-order chi connectivity index (χ1) is 12.2. The molecular formula is C21H27NO3. The van der Waals surface area contributed by atoms with Gasteiger partial charge >= 0.3 is 5.97 Å². The first kappa shape index (κ1) is 18.8. The lowest BCUT2D eigenvalue weighted by Gasteiger charge is -2.18. The van der Waals surface area contributed by atoms with Crippen molar-refractivity contribution in [3.8, 4) is 5.75 Å². The second kappa shape index (κ2) is 10.4. The second-order valence-corrected chi connectivity index (χ2v) is 5.92. The van der Waals surface area contributed by atoms with E-state index in [1.807, 2.05) is 61.5 Å². The van der Waals surface area contributed by atoms with Gasteiger partial charge in [0.1, 0.15) is 5.75 Å². The molecule has 0 amide bonds. The molecule has 0 aliphatic heterocycles. The van der Waals surface area contributed by atoms with E-state index in [2.05, 4.69) is 12.2 Å². The van der Waals surface area contributed by atoms with Crippen LogP contribution in [0, 0.1) is 0 Å². The van der Waals surface area contributed by atoms with Gasteiger partial charge in [0, 0.05) is 24.2 Å². The summed E-state index contributed by atoms with van der Waals surface area (Å²) in [6.45, 7) is 4.05. The molecule has 0 aliphatic carbocycles. The Morgan fingerprint density at radius 2 is 1.64 bits per heavy atom. The minimum Gasteiger partial charge on any atom is -0.455 e. The summed E-state index contributed by atoms with van der Waals surface area (Å²) in [6, 6.07) is 17.6. The highest BCUT2D eigenvalue weighted by molar-refractivity contribution is 5.69. The van der Waals surface area contributed by atoms with Gasteiger partial charge in [0.25, 0.3) is 0 Å². The molecule has 0 spiro atoms. The van der Waals surface area contributed by atoms with Gasteiger partial charge in [-0.05, 0) is 42.8 Å². The van der Waals surface area contributed by atoms with E-state index in [0.717, 1.165) is 30.6 Å². The maximum atomic E-state index is 11.8. The average molecular weight is 341 g/mol. The van der Waals surface area contributed by atoms with Crippen LogP contribution in [0.5, 0.6) is 5.75 Å². The number of hydrogen-bond acceptors (Lipinski definition) is 4. The van der Waals surface area contributed by atoms with E-state index in [-0.39, 0.29) is 5.97 Å². The SMILES string of the molecule is CCCCCC(=O)OC(CC)Oc1ccc(Nc2ccccc2)cc1. The minimum absolute atomic E-state index is 0.192. The topological polar surface area (TPSA) is 47.6 Å². The van der Waals surface area contributed by atoms with Crippen molar-refractivity contribution < 1.29 is 14.3 Å². The number of nitrogens with one attached hydrogen (secondary N) is 1. The molecule has 4 heteroatoms. The van der Waals surface area contributed by atoms with Crippen molar-refractivity contribution in [2.45, 2.75) is 52.2 Å². The quantitative estimate of drug-likeness (QED) is 0.344. The molecular weight excluding hydrogens is 314 g/mol. The monoisotopic (exact) mass is 341 g/mol. The van der Waals surface area contributed by atoms with Gasteiger partial charge < -0.3 is 14.8 Å². The lowest BCUT2D eigenvalue weighted by Crippen LogP contribution is -2.23. The summed E-state index contributed by atoms with van der Waals surface area (Å²) in [5.41, 5.74) is 2.01. The van der Waals surface area contributed by atoms with Crippen molar-refractivity contribution in [3.05, 3.63) is 54.6 Å². The molecule has 4 nitrogen and oxygen atoms in total. The third-order valence-corrected chi connectivity index (χ3v) is 3.76. The highest BCUT2D eigenvalue weighted by Crippen LogP contribution is 2.21. The van der Waals surface area contributed by atoms with Crippen LogP contribution in [0.1, 0.15) is 46.0 Å². The summed E-state index contributed by atoms with van der Waals surface area (Å²) < 4.78 is 11.2. The van der Waals surface area contributed by atoms with Crippen molar-refractivity contribution in [1.82, 2.24) is 0 Å². The largest absolute Gasteiger partial charge is 0.455 e. The van der Waals surface area contributed by atoms with Gasteiger partial charge in [0.2, 0.25) is 6.29 Å². The summed E-state index contributed by atoms with van der Waals surface area (Å²) in [5.74, 6) is 0.495. The maximum Gasteiger partial charge on any atom is 0.308 e. The van der Waals surface area contributed by atoms with Crippen molar-refractivity contribution in [2.24, 2.45) is 0 Å². The Morgan fingerprint density at radius 3 is 2.28 bits per heavy atom. The van der Waals surface area contributed by atoms with Crippen LogP contribution in [0.25, 0.3) is 0 Å². The predicted molar refractivity (Wildman–Crippen MR) is 101 cm³/mol. The number of unbranched alkanes of at least 4 members (excludes halogenated alkanes) is 2. The Kier molecular flexibility index (Phi) is 7.83. The van der Waals surface area contributed by atoms with Crippen LogP contribution in [-0.4, -0.2) is 12.3 Å². The van der Waals surface area contributed by atoms with Crippen LogP contribution in [0.2, 0.25) is 0 Å². The summed E-state index contributed by atoms with van der Waals surface area (Å²) in [6.07, 6.45) is 3.53. The Morgan fingerprint density at radius 1 is 0.960 bits per heavy atom. The summed E-state index contributed by atoms with van der Waals surface area (Å²) >= 11 is 0. The van der Waals surface area contributed by atoms with E-state index in [4.69, 9.17) is 9.47 Å². The third-order valence-electron chi connectivity index (χ3n) is 3.76. The zero-order valence-electron chi connectivity index (χ0n) is 15.0. The van der Waals surface area contributed by atoms with Crippen LogP contribution >= 0.6 is 0 Å². The van der Waals surface area contributed by atoms with E-state index in [1.165, 1.54) is 0 Å². The Labute approximate surface area is 150 Å². The molecule has 2 aromatic rings. The molecule has 1 N–H and O–H groups in total. The fourth-order valence-corrected chi connectivity index (χ4v) is 2.37. The predicted octanol–water partition coefficient (Wildman–Crippen LogP) is 5.67. The first-order valence-electron chi connectivity index (χ1n) is 8.99. The number of para-hydroxylation sites is 1. The molecule has 0 saturated carbocycles. The van der Waals surface area contributed by atoms with Gasteiger partial charge in [-0.15, -0.1) is 0 Å². The molecule has 0 heterocycles. The fourth-order valence-electron chi connectivity index (χ4n) is 2.37. The number of hydrogen-bond donors (Lipinski definition) is 1. The molecule has 0 fully saturated rings. The van der Waals surface area contributed by atoms with Crippen molar-refractivity contribution in [1.29, 1.82) is 0 Å². The second-order valence-electron chi connectivity index (χ2n) is 5.92. The van der Waals surface area contributed by atoms with Gasteiger partial charge in [-0.2, -0.15) is 0 Å². The first-order valence-corrected chi connectivity index (χ1v) is 8.99. The van der Waals surface area contributed by atoms with Crippen molar-refractivity contribution in [2.75, 3.05) is 5.32 Å². The molecule has 0 aromatic heterocycles. The van der Waals surface area contributed by atoms with Crippen LogP contribution in [0.3, 0.4) is 0 Å². The van der Waals surface area contributed by atoms with E-state index < -0.39 is 6.29 Å². The standard InChI is InChI=1S/C21H27NO3/c1-3-5-7-12-20(23)25-21(4-2)24-19-15-13-18(14-16-19)22-17-10-8-6-9-11-17/h6,8-11,13-16,21-22H,3-5,7,12H2,1-2H3. The summed E-state index contributed by atoms with van der Waals surface area (Å²) in [4.78, 5) is 11.8. The maximum absolute atomic E-state index is 11.8. The zero-order chi connectivity index (χ0) is 17.9. The lowest BCUT2D eigenvalue weighted by atomic mass is 10.2. The Bertz CT molecular complexity index is 625. The summed E-state index contributed by atoms with van der Waals surface area (Å²) in [7, 11) is 0. The Hall–Kier alpha value is -2.49. The van der Waals surface area contributed by atoms with Crippen molar-refractivity contribution in [3.63, 3.8) is 0 Å². The van der Waals surface area contributed by atoms with Gasteiger partial charge in [0.05, 0.1) is 0 Å². The van der Waals surface area contributed by atoms with Crippen LogP contribution < -0.4 is 10.1 Å². The lowest BCUT2D eigenvalue weighted by molar-refractivity contribution is -0.164. The Balaban J connectivity index is 1.85. The molecule has 25 heavy (non-hydrogen) atoms. The molecule has 0 bridgehead atoms. The summed E-state index contributed by atoms with van der Waals surface area (Å²) in [5, 5.41) is 3.32. The molecule has 0 aliphatic rings. The van der Waals surface area contributed by atoms with E-state index in [9.17, 15) is 4.79 Å². The molecule has 2 aromatic carbocycles. The number of benzene rings is 2. The smallest absolute Gasteiger partial charge is 0.308 e. The van der Waals surface area contributed by atoms with Crippen LogP contribution in [-0.2, 0) is 9.53 Å².